The minimum absolute atomic E-state index is 0.0291. The second kappa shape index (κ2) is 12.4. The van der Waals surface area contributed by atoms with Crippen LogP contribution in [-0.2, 0) is 21.4 Å². The van der Waals surface area contributed by atoms with Gasteiger partial charge in [-0.2, -0.15) is 0 Å². The van der Waals surface area contributed by atoms with Crippen molar-refractivity contribution in [2.24, 2.45) is 0 Å². The maximum Gasteiger partial charge on any atom is 0.305 e. The van der Waals surface area contributed by atoms with Gasteiger partial charge in [-0.25, -0.2) is 4.98 Å². The fourth-order valence-corrected chi connectivity index (χ4v) is 5.65. The summed E-state index contributed by atoms with van der Waals surface area (Å²) in [5.74, 6) is -2.08. The van der Waals surface area contributed by atoms with E-state index in [1.807, 2.05) is 24.3 Å². The summed E-state index contributed by atoms with van der Waals surface area (Å²) >= 11 is 13.7. The van der Waals surface area contributed by atoms with E-state index in [1.54, 1.807) is 36.4 Å². The Hall–Kier alpha value is -3.46. The van der Waals surface area contributed by atoms with Gasteiger partial charge in [0, 0.05) is 17.1 Å². The number of carboxylic acids is 1. The fraction of sp³-hybridized carbons (Fsp3) is 0.267. The van der Waals surface area contributed by atoms with E-state index in [-0.39, 0.29) is 30.2 Å². The van der Waals surface area contributed by atoms with E-state index in [4.69, 9.17) is 28.3 Å². The third-order valence-electron chi connectivity index (χ3n) is 6.42. The Morgan fingerprint density at radius 1 is 1.00 bits per heavy atom. The van der Waals surface area contributed by atoms with Crippen molar-refractivity contribution < 1.29 is 19.5 Å². The number of benzene rings is 3. The highest BCUT2D eigenvalue weighted by atomic mass is 35.5. The first-order chi connectivity index (χ1) is 18.9. The molecule has 0 spiro atoms. The first kappa shape index (κ1) is 29.5. The molecule has 208 valence electrons. The summed E-state index contributed by atoms with van der Waals surface area (Å²) in [5.41, 5.74) is 3.87. The number of anilines is 1. The van der Waals surface area contributed by atoms with E-state index in [0.717, 1.165) is 21.4 Å². The molecule has 3 N–H and O–H groups in total. The Morgan fingerprint density at radius 2 is 1.68 bits per heavy atom. The molecule has 4 aromatic rings. The van der Waals surface area contributed by atoms with Gasteiger partial charge in [0.2, 0.25) is 5.91 Å². The highest BCUT2D eigenvalue weighted by Crippen LogP contribution is 2.35. The summed E-state index contributed by atoms with van der Waals surface area (Å²) in [6.45, 7) is 6.45. The normalized spacial score (nSPS) is 12.2. The summed E-state index contributed by atoms with van der Waals surface area (Å²) in [4.78, 5) is 41.2. The van der Waals surface area contributed by atoms with E-state index >= 15 is 0 Å². The number of hydrogen-bond donors (Lipinski definition) is 3. The van der Waals surface area contributed by atoms with Gasteiger partial charge in [-0.1, -0.05) is 91.7 Å². The van der Waals surface area contributed by atoms with Crippen molar-refractivity contribution >= 4 is 67.7 Å². The number of carbonyl (C=O) groups excluding carboxylic acids is 2. The molecule has 0 saturated carbocycles. The van der Waals surface area contributed by atoms with Crippen LogP contribution in [0, 0.1) is 0 Å². The van der Waals surface area contributed by atoms with Crippen molar-refractivity contribution in [2.75, 3.05) is 11.9 Å². The van der Waals surface area contributed by atoms with Crippen LogP contribution in [0.15, 0.2) is 60.7 Å². The number of nitrogens with one attached hydrogen (secondary N) is 2. The predicted octanol–water partition coefficient (Wildman–Crippen LogP) is 7.07. The molecular weight excluding hydrogens is 569 g/mol. The largest absolute Gasteiger partial charge is 0.481 e. The van der Waals surface area contributed by atoms with Crippen LogP contribution in [0.2, 0.25) is 10.0 Å². The monoisotopic (exact) mass is 597 g/mol. The molecule has 3 aromatic carbocycles. The number of rotatable bonds is 9. The molecule has 1 unspecified atom stereocenters. The maximum atomic E-state index is 13.7. The van der Waals surface area contributed by atoms with Gasteiger partial charge in [0.05, 0.1) is 27.6 Å². The zero-order valence-electron chi connectivity index (χ0n) is 22.3. The summed E-state index contributed by atoms with van der Waals surface area (Å²) in [7, 11) is 0. The first-order valence-electron chi connectivity index (χ1n) is 12.7. The number of halogens is 2. The number of nitrogens with zero attached hydrogens (tertiary/aromatic N) is 1. The number of hydrogen-bond acceptors (Lipinski definition) is 5. The molecule has 0 aliphatic heterocycles. The van der Waals surface area contributed by atoms with Gasteiger partial charge in [0.15, 0.2) is 5.13 Å². The molecule has 0 bridgehead atoms. The van der Waals surface area contributed by atoms with Crippen LogP contribution in [0.3, 0.4) is 0 Å². The molecule has 0 aliphatic carbocycles. The summed E-state index contributed by atoms with van der Waals surface area (Å²) in [6.07, 6.45) is 0.238. The van der Waals surface area contributed by atoms with E-state index in [0.29, 0.717) is 32.7 Å². The van der Waals surface area contributed by atoms with Crippen molar-refractivity contribution in [3.05, 3.63) is 93.0 Å². The van der Waals surface area contributed by atoms with Crippen LogP contribution >= 0.6 is 34.5 Å². The summed E-state index contributed by atoms with van der Waals surface area (Å²) in [6, 6.07) is 18.3. The van der Waals surface area contributed by atoms with Gasteiger partial charge >= 0.3 is 5.97 Å². The number of aromatic nitrogens is 1. The standard InChI is InChI=1S/C30H29Cl2N3O4S/c1-30(2,3)20-10-8-18(9-11-20)22(14-17-4-6-19(7-5-17)27(38)33-13-12-25(36)37)28(39)35-29-34-24-16-21(31)15-23(32)26(24)40-29/h4-11,15-16,22H,12-14H2,1-3H3,(H,33,38)(H,36,37)(H,34,35,39). The quantitative estimate of drug-likeness (QED) is 0.191. The zero-order chi connectivity index (χ0) is 29.0. The topological polar surface area (TPSA) is 108 Å². The number of thiazole rings is 1. The number of carbonyl (C=O) groups is 3. The summed E-state index contributed by atoms with van der Waals surface area (Å²) < 4.78 is 0.740. The molecule has 10 heteroatoms. The SMILES string of the molecule is CC(C)(C)c1ccc(C(Cc2ccc(C(=O)NCCC(=O)O)cc2)C(=O)Nc2nc3cc(Cl)cc(Cl)c3s2)cc1. The van der Waals surface area contributed by atoms with Crippen molar-refractivity contribution in [3.63, 3.8) is 0 Å². The Balaban J connectivity index is 1.57. The molecule has 0 aliphatic rings. The number of amides is 2. The molecule has 2 amide bonds. The molecule has 4 rings (SSSR count). The van der Waals surface area contributed by atoms with Gasteiger partial charge in [0.1, 0.15) is 0 Å². The lowest BCUT2D eigenvalue weighted by Crippen LogP contribution is -2.26. The summed E-state index contributed by atoms with van der Waals surface area (Å²) in [5, 5.41) is 15.7. The molecule has 0 radical (unpaired) electrons. The molecule has 0 fully saturated rings. The van der Waals surface area contributed by atoms with Gasteiger partial charge < -0.3 is 15.7 Å². The smallest absolute Gasteiger partial charge is 0.305 e. The Labute approximate surface area is 246 Å². The van der Waals surface area contributed by atoms with Crippen LogP contribution < -0.4 is 10.6 Å². The minimum atomic E-state index is -0.978. The molecule has 7 nitrogen and oxygen atoms in total. The Bertz CT molecular complexity index is 1540. The van der Waals surface area contributed by atoms with Crippen molar-refractivity contribution in [3.8, 4) is 0 Å². The van der Waals surface area contributed by atoms with Crippen LogP contribution in [-0.4, -0.2) is 34.4 Å². The molecule has 1 heterocycles. The maximum absolute atomic E-state index is 13.7. The number of aliphatic carboxylic acids is 1. The molecule has 1 atom stereocenters. The average molecular weight is 599 g/mol. The predicted molar refractivity (Wildman–Crippen MR) is 161 cm³/mol. The first-order valence-corrected chi connectivity index (χ1v) is 14.2. The molecule has 1 aromatic heterocycles. The minimum Gasteiger partial charge on any atom is -0.481 e. The van der Waals surface area contributed by atoms with Gasteiger partial charge in [-0.3, -0.25) is 14.4 Å². The highest BCUT2D eigenvalue weighted by molar-refractivity contribution is 7.23. The lowest BCUT2D eigenvalue weighted by Gasteiger charge is -2.21. The molecule has 0 saturated heterocycles. The van der Waals surface area contributed by atoms with Gasteiger partial charge in [-0.05, 0) is 52.8 Å². The number of carboxylic acid groups (broad SMARTS) is 1. The lowest BCUT2D eigenvalue weighted by molar-refractivity contribution is -0.136. The lowest BCUT2D eigenvalue weighted by atomic mass is 9.84. The third kappa shape index (κ3) is 7.38. The second-order valence-electron chi connectivity index (χ2n) is 10.5. The average Bonchev–Trinajstić information content (AvgIpc) is 3.29. The Kier molecular flexibility index (Phi) is 9.13. The third-order valence-corrected chi connectivity index (χ3v) is 8.06. The van der Waals surface area contributed by atoms with Gasteiger partial charge in [0.25, 0.3) is 5.91 Å². The number of fused-ring (bicyclic) bond motifs is 1. The van der Waals surface area contributed by atoms with Crippen molar-refractivity contribution in [1.82, 2.24) is 10.3 Å². The van der Waals surface area contributed by atoms with Crippen LogP contribution in [0.5, 0.6) is 0 Å². The highest BCUT2D eigenvalue weighted by Gasteiger charge is 2.24. The molecular formula is C30H29Cl2N3O4S. The van der Waals surface area contributed by atoms with Crippen LogP contribution in [0.4, 0.5) is 5.13 Å². The zero-order valence-corrected chi connectivity index (χ0v) is 24.6. The fourth-order valence-electron chi connectivity index (χ4n) is 4.20. The van der Waals surface area contributed by atoms with Gasteiger partial charge in [-0.15, -0.1) is 0 Å². The Morgan fingerprint density at radius 3 is 2.30 bits per heavy atom. The molecule has 40 heavy (non-hydrogen) atoms. The van der Waals surface area contributed by atoms with Crippen molar-refractivity contribution in [2.45, 2.75) is 44.9 Å². The van der Waals surface area contributed by atoms with E-state index in [2.05, 4.69) is 36.4 Å². The second-order valence-corrected chi connectivity index (χ2v) is 12.3. The van der Waals surface area contributed by atoms with Crippen LogP contribution in [0.1, 0.15) is 60.2 Å². The van der Waals surface area contributed by atoms with Crippen LogP contribution in [0.25, 0.3) is 10.2 Å². The van der Waals surface area contributed by atoms with Crippen molar-refractivity contribution in [1.29, 1.82) is 0 Å². The van der Waals surface area contributed by atoms with E-state index in [9.17, 15) is 14.4 Å². The van der Waals surface area contributed by atoms with E-state index in [1.165, 1.54) is 11.3 Å². The van der Waals surface area contributed by atoms with E-state index < -0.39 is 11.9 Å².